The van der Waals surface area contributed by atoms with Gasteiger partial charge in [0.25, 0.3) is 10.2 Å². The standard InChI is InChI=1S/C8H19N3O2S/c1-3-5-10-14(12,13)11-8(2)4-6-9-7-8/h9-11H,3-7H2,1-2H3. The van der Waals surface area contributed by atoms with E-state index in [-0.39, 0.29) is 5.54 Å². The molecule has 0 saturated carbocycles. The van der Waals surface area contributed by atoms with Crippen LogP contribution in [0.1, 0.15) is 26.7 Å². The number of nitrogens with one attached hydrogen (secondary N) is 3. The van der Waals surface area contributed by atoms with Gasteiger partial charge in [0.05, 0.1) is 0 Å². The molecule has 1 aliphatic rings. The van der Waals surface area contributed by atoms with Crippen LogP contribution >= 0.6 is 0 Å². The first-order chi connectivity index (χ1) is 6.47. The second-order valence-corrected chi connectivity index (χ2v) is 5.49. The minimum Gasteiger partial charge on any atom is -0.315 e. The Bertz CT molecular complexity index is 270. The summed E-state index contributed by atoms with van der Waals surface area (Å²) in [4.78, 5) is 0. The Kier molecular flexibility index (Phi) is 3.88. The SMILES string of the molecule is CCCNS(=O)(=O)NC1(C)CCNC1. The summed E-state index contributed by atoms with van der Waals surface area (Å²) in [5.41, 5.74) is -0.334. The third kappa shape index (κ3) is 3.53. The lowest BCUT2D eigenvalue weighted by molar-refractivity contribution is 0.447. The molecule has 0 aromatic carbocycles. The van der Waals surface area contributed by atoms with Crippen molar-refractivity contribution in [3.63, 3.8) is 0 Å². The summed E-state index contributed by atoms with van der Waals surface area (Å²) < 4.78 is 28.2. The summed E-state index contributed by atoms with van der Waals surface area (Å²) in [5.74, 6) is 0. The van der Waals surface area contributed by atoms with Crippen LogP contribution < -0.4 is 14.8 Å². The van der Waals surface area contributed by atoms with E-state index >= 15 is 0 Å². The Labute approximate surface area is 85.8 Å². The fourth-order valence-electron chi connectivity index (χ4n) is 1.50. The predicted octanol–water partition coefficient (Wildman–Crippen LogP) is -0.428. The van der Waals surface area contributed by atoms with Crippen molar-refractivity contribution in [2.24, 2.45) is 0 Å². The van der Waals surface area contributed by atoms with Gasteiger partial charge in [0.2, 0.25) is 0 Å². The van der Waals surface area contributed by atoms with E-state index < -0.39 is 10.2 Å². The van der Waals surface area contributed by atoms with E-state index in [9.17, 15) is 8.42 Å². The topological polar surface area (TPSA) is 70.2 Å². The van der Waals surface area contributed by atoms with Gasteiger partial charge in [-0.1, -0.05) is 6.92 Å². The molecule has 1 aliphatic heterocycles. The molecular weight excluding hydrogens is 202 g/mol. The van der Waals surface area contributed by atoms with Crippen LogP contribution in [0.3, 0.4) is 0 Å². The van der Waals surface area contributed by atoms with E-state index in [2.05, 4.69) is 14.8 Å². The molecule has 0 aromatic rings. The van der Waals surface area contributed by atoms with Gasteiger partial charge in [-0.15, -0.1) is 0 Å². The van der Waals surface area contributed by atoms with Crippen LogP contribution in [0.4, 0.5) is 0 Å². The maximum atomic E-state index is 11.5. The molecule has 14 heavy (non-hydrogen) atoms. The van der Waals surface area contributed by atoms with Gasteiger partial charge >= 0.3 is 0 Å². The second-order valence-electron chi connectivity index (χ2n) is 3.99. The number of hydrogen-bond acceptors (Lipinski definition) is 3. The molecule has 0 radical (unpaired) electrons. The summed E-state index contributed by atoms with van der Waals surface area (Å²) in [6.07, 6.45) is 1.63. The summed E-state index contributed by atoms with van der Waals surface area (Å²) in [5, 5.41) is 3.14. The van der Waals surface area contributed by atoms with Crippen molar-refractivity contribution in [1.29, 1.82) is 0 Å². The van der Waals surface area contributed by atoms with Gasteiger partial charge in [0.1, 0.15) is 0 Å². The molecule has 6 heteroatoms. The first-order valence-corrected chi connectivity index (χ1v) is 6.45. The molecule has 0 bridgehead atoms. The molecule has 5 nitrogen and oxygen atoms in total. The van der Waals surface area contributed by atoms with E-state index in [1.807, 2.05) is 13.8 Å². The van der Waals surface area contributed by atoms with Crippen LogP contribution in [0.15, 0.2) is 0 Å². The van der Waals surface area contributed by atoms with Crippen molar-refractivity contribution in [3.8, 4) is 0 Å². The minimum absolute atomic E-state index is 0.334. The highest BCUT2D eigenvalue weighted by Crippen LogP contribution is 2.13. The van der Waals surface area contributed by atoms with E-state index in [4.69, 9.17) is 0 Å². The average molecular weight is 221 g/mol. The van der Waals surface area contributed by atoms with E-state index in [1.165, 1.54) is 0 Å². The Morgan fingerprint density at radius 2 is 2.21 bits per heavy atom. The lowest BCUT2D eigenvalue weighted by Gasteiger charge is -2.24. The van der Waals surface area contributed by atoms with Crippen LogP contribution in [-0.4, -0.2) is 33.6 Å². The van der Waals surface area contributed by atoms with Crippen molar-refractivity contribution >= 4 is 10.2 Å². The molecule has 1 rings (SSSR count). The largest absolute Gasteiger partial charge is 0.315 e. The first-order valence-electron chi connectivity index (χ1n) is 4.97. The third-order valence-corrected chi connectivity index (χ3v) is 3.64. The summed E-state index contributed by atoms with van der Waals surface area (Å²) in [6.45, 7) is 5.89. The van der Waals surface area contributed by atoms with Crippen LogP contribution in [0, 0.1) is 0 Å². The van der Waals surface area contributed by atoms with Crippen molar-refractivity contribution in [3.05, 3.63) is 0 Å². The van der Waals surface area contributed by atoms with Gasteiger partial charge in [0.15, 0.2) is 0 Å². The van der Waals surface area contributed by atoms with Crippen LogP contribution in [0.2, 0.25) is 0 Å². The van der Waals surface area contributed by atoms with Crippen molar-refractivity contribution in [2.75, 3.05) is 19.6 Å². The van der Waals surface area contributed by atoms with Crippen LogP contribution in [0.5, 0.6) is 0 Å². The van der Waals surface area contributed by atoms with Gasteiger partial charge < -0.3 is 5.32 Å². The third-order valence-electron chi connectivity index (χ3n) is 2.29. The summed E-state index contributed by atoms with van der Waals surface area (Å²) in [7, 11) is -3.33. The Morgan fingerprint density at radius 1 is 1.50 bits per heavy atom. The minimum atomic E-state index is -3.33. The van der Waals surface area contributed by atoms with Gasteiger partial charge in [-0.2, -0.15) is 13.1 Å². The van der Waals surface area contributed by atoms with Gasteiger partial charge in [-0.05, 0) is 26.3 Å². The van der Waals surface area contributed by atoms with Crippen LogP contribution in [0.25, 0.3) is 0 Å². The second kappa shape index (κ2) is 4.57. The van der Waals surface area contributed by atoms with Gasteiger partial charge in [-0.3, -0.25) is 0 Å². The number of rotatable bonds is 5. The molecule has 1 unspecified atom stereocenters. The van der Waals surface area contributed by atoms with E-state index in [0.717, 1.165) is 19.4 Å². The van der Waals surface area contributed by atoms with E-state index in [0.29, 0.717) is 13.1 Å². The normalized spacial score (nSPS) is 28.1. The summed E-state index contributed by atoms with van der Waals surface area (Å²) >= 11 is 0. The average Bonchev–Trinajstić information content (AvgIpc) is 2.47. The maximum absolute atomic E-state index is 11.5. The molecule has 1 fully saturated rings. The fourth-order valence-corrected chi connectivity index (χ4v) is 2.87. The molecule has 84 valence electrons. The van der Waals surface area contributed by atoms with Crippen molar-refractivity contribution in [2.45, 2.75) is 32.2 Å². The zero-order valence-corrected chi connectivity index (χ0v) is 9.58. The summed E-state index contributed by atoms with van der Waals surface area (Å²) in [6, 6.07) is 0. The van der Waals surface area contributed by atoms with Crippen molar-refractivity contribution in [1.82, 2.24) is 14.8 Å². The molecule has 0 aromatic heterocycles. The smallest absolute Gasteiger partial charge is 0.277 e. The van der Waals surface area contributed by atoms with Crippen molar-refractivity contribution < 1.29 is 8.42 Å². The quantitative estimate of drug-likeness (QED) is 0.590. The Morgan fingerprint density at radius 3 is 2.71 bits per heavy atom. The fraction of sp³-hybridized carbons (Fsp3) is 1.00. The molecule has 1 atom stereocenters. The lowest BCUT2D eigenvalue weighted by atomic mass is 10.0. The first kappa shape index (κ1) is 11.9. The monoisotopic (exact) mass is 221 g/mol. The Balaban J connectivity index is 2.49. The van der Waals surface area contributed by atoms with Crippen LogP contribution in [-0.2, 0) is 10.2 Å². The zero-order valence-electron chi connectivity index (χ0n) is 8.76. The highest BCUT2D eigenvalue weighted by Gasteiger charge is 2.32. The maximum Gasteiger partial charge on any atom is 0.277 e. The molecular formula is C8H19N3O2S. The van der Waals surface area contributed by atoms with Gasteiger partial charge in [-0.25, -0.2) is 4.72 Å². The molecule has 0 spiro atoms. The highest BCUT2D eigenvalue weighted by atomic mass is 32.2. The number of hydrogen-bond donors (Lipinski definition) is 3. The molecule has 1 saturated heterocycles. The molecule has 3 N–H and O–H groups in total. The predicted molar refractivity (Wildman–Crippen MR) is 56.2 cm³/mol. The Hall–Kier alpha value is -0.170. The molecule has 0 aliphatic carbocycles. The molecule has 1 heterocycles. The van der Waals surface area contributed by atoms with E-state index in [1.54, 1.807) is 0 Å². The highest BCUT2D eigenvalue weighted by molar-refractivity contribution is 7.87. The lowest BCUT2D eigenvalue weighted by Crippen LogP contribution is -2.51. The van der Waals surface area contributed by atoms with Gasteiger partial charge in [0, 0.05) is 18.6 Å². The molecule has 0 amide bonds. The zero-order chi connectivity index (χ0) is 10.7.